The van der Waals surface area contributed by atoms with Crippen molar-refractivity contribution in [2.24, 2.45) is 0 Å². The highest BCUT2D eigenvalue weighted by Gasteiger charge is 1.98. The normalized spacial score (nSPS) is 13.4. The minimum atomic E-state index is -0.477. The minimum absolute atomic E-state index is 0.116. The van der Waals surface area contributed by atoms with Crippen LogP contribution in [0.3, 0.4) is 0 Å². The van der Waals surface area contributed by atoms with Gasteiger partial charge in [-0.15, -0.1) is 0 Å². The molecule has 0 heterocycles. The Kier molecular flexibility index (Phi) is 15.0. The molecule has 0 fully saturated rings. The SMILES string of the molecule is CC/C=C\C/C=C\[C@@H](O)/C=C\CCCCCCCC(=O)OC. The molecule has 0 aromatic rings. The summed E-state index contributed by atoms with van der Waals surface area (Å²) in [5, 5.41) is 9.71. The molecular weight excluding hydrogens is 276 g/mol. The van der Waals surface area contributed by atoms with Crippen LogP contribution in [0.1, 0.15) is 64.7 Å². The highest BCUT2D eigenvalue weighted by atomic mass is 16.5. The smallest absolute Gasteiger partial charge is 0.305 e. The molecule has 0 rings (SSSR count). The summed E-state index contributed by atoms with van der Waals surface area (Å²) < 4.78 is 4.60. The Labute approximate surface area is 135 Å². The van der Waals surface area contributed by atoms with E-state index in [4.69, 9.17) is 0 Å². The molecule has 1 atom stereocenters. The molecule has 0 aliphatic heterocycles. The van der Waals surface area contributed by atoms with Gasteiger partial charge in [0, 0.05) is 6.42 Å². The molecule has 0 amide bonds. The zero-order valence-corrected chi connectivity index (χ0v) is 14.2. The number of carbonyl (C=O) groups is 1. The second-order valence-corrected chi connectivity index (χ2v) is 5.34. The molecule has 22 heavy (non-hydrogen) atoms. The van der Waals surface area contributed by atoms with Crippen molar-refractivity contribution in [1.82, 2.24) is 0 Å². The van der Waals surface area contributed by atoms with Crippen LogP contribution >= 0.6 is 0 Å². The predicted octanol–water partition coefficient (Wildman–Crippen LogP) is 4.72. The third kappa shape index (κ3) is 15.0. The Morgan fingerprint density at radius 2 is 1.68 bits per heavy atom. The zero-order chi connectivity index (χ0) is 16.5. The molecule has 0 aromatic heterocycles. The molecule has 3 nitrogen and oxygen atoms in total. The van der Waals surface area contributed by atoms with Gasteiger partial charge in [0.1, 0.15) is 0 Å². The first-order valence-corrected chi connectivity index (χ1v) is 8.44. The van der Waals surface area contributed by atoms with Crippen molar-refractivity contribution in [1.29, 1.82) is 0 Å². The maximum absolute atomic E-state index is 10.9. The molecule has 0 aliphatic carbocycles. The van der Waals surface area contributed by atoms with Crippen LogP contribution in [0.25, 0.3) is 0 Å². The van der Waals surface area contributed by atoms with Crippen molar-refractivity contribution in [3.63, 3.8) is 0 Å². The van der Waals surface area contributed by atoms with Gasteiger partial charge in [0.2, 0.25) is 0 Å². The Balaban J connectivity index is 3.46. The molecular formula is C19H32O3. The number of rotatable bonds is 13. The lowest BCUT2D eigenvalue weighted by molar-refractivity contribution is -0.140. The van der Waals surface area contributed by atoms with E-state index < -0.39 is 6.10 Å². The average molecular weight is 308 g/mol. The van der Waals surface area contributed by atoms with Crippen molar-refractivity contribution < 1.29 is 14.6 Å². The fraction of sp³-hybridized carbons (Fsp3) is 0.632. The molecule has 3 heteroatoms. The lowest BCUT2D eigenvalue weighted by Crippen LogP contribution is -1.99. The fourth-order valence-corrected chi connectivity index (χ4v) is 2.02. The van der Waals surface area contributed by atoms with E-state index in [0.717, 1.165) is 44.9 Å². The number of unbranched alkanes of at least 4 members (excludes halogenated alkanes) is 5. The summed E-state index contributed by atoms with van der Waals surface area (Å²) in [4.78, 5) is 10.9. The van der Waals surface area contributed by atoms with Crippen molar-refractivity contribution in [3.8, 4) is 0 Å². The molecule has 0 saturated heterocycles. The maximum Gasteiger partial charge on any atom is 0.305 e. The number of aliphatic hydroxyl groups is 1. The van der Waals surface area contributed by atoms with E-state index in [0.29, 0.717) is 6.42 Å². The van der Waals surface area contributed by atoms with Gasteiger partial charge in [0.25, 0.3) is 0 Å². The number of methoxy groups -OCH3 is 1. The third-order valence-electron chi connectivity index (χ3n) is 3.32. The van der Waals surface area contributed by atoms with E-state index in [9.17, 15) is 9.90 Å². The first-order valence-electron chi connectivity index (χ1n) is 8.44. The molecule has 126 valence electrons. The topological polar surface area (TPSA) is 46.5 Å². The van der Waals surface area contributed by atoms with E-state index in [1.54, 1.807) is 0 Å². The summed E-state index contributed by atoms with van der Waals surface area (Å²) in [6.07, 6.45) is 20.4. The molecule has 0 spiro atoms. The van der Waals surface area contributed by atoms with E-state index in [1.807, 2.05) is 24.3 Å². The average Bonchev–Trinajstić information content (AvgIpc) is 2.52. The van der Waals surface area contributed by atoms with Crippen molar-refractivity contribution in [2.75, 3.05) is 7.11 Å². The number of hydrogen-bond donors (Lipinski definition) is 1. The van der Waals surface area contributed by atoms with Crippen LogP contribution in [0.4, 0.5) is 0 Å². The number of hydrogen-bond acceptors (Lipinski definition) is 3. The molecule has 0 unspecified atom stereocenters. The van der Waals surface area contributed by atoms with E-state index in [-0.39, 0.29) is 5.97 Å². The van der Waals surface area contributed by atoms with Crippen molar-refractivity contribution >= 4 is 5.97 Å². The van der Waals surface area contributed by atoms with Gasteiger partial charge < -0.3 is 9.84 Å². The largest absolute Gasteiger partial charge is 0.469 e. The van der Waals surface area contributed by atoms with Crippen LogP contribution in [0.2, 0.25) is 0 Å². The number of esters is 1. The monoisotopic (exact) mass is 308 g/mol. The lowest BCUT2D eigenvalue weighted by atomic mass is 10.1. The van der Waals surface area contributed by atoms with Crippen molar-refractivity contribution in [3.05, 3.63) is 36.5 Å². The van der Waals surface area contributed by atoms with E-state index in [2.05, 4.69) is 23.8 Å². The second-order valence-electron chi connectivity index (χ2n) is 5.34. The van der Waals surface area contributed by atoms with Gasteiger partial charge in [-0.1, -0.05) is 62.6 Å². The van der Waals surface area contributed by atoms with Gasteiger partial charge in [0.15, 0.2) is 0 Å². The number of ether oxygens (including phenoxy) is 1. The molecule has 1 N–H and O–H groups in total. The molecule has 0 aromatic carbocycles. The summed E-state index contributed by atoms with van der Waals surface area (Å²) in [6, 6.07) is 0. The first kappa shape index (κ1) is 20.6. The third-order valence-corrected chi connectivity index (χ3v) is 3.32. The van der Waals surface area contributed by atoms with Gasteiger partial charge >= 0.3 is 5.97 Å². The first-order chi connectivity index (χ1) is 10.7. The van der Waals surface area contributed by atoms with Crippen LogP contribution in [-0.2, 0) is 9.53 Å². The number of allylic oxidation sites excluding steroid dienone is 4. The molecule has 0 radical (unpaired) electrons. The number of aliphatic hydroxyl groups excluding tert-OH is 1. The highest BCUT2D eigenvalue weighted by molar-refractivity contribution is 5.68. The minimum Gasteiger partial charge on any atom is -0.469 e. The summed E-state index contributed by atoms with van der Waals surface area (Å²) in [6.45, 7) is 2.11. The standard InChI is InChI=1S/C19H32O3/c1-3-4-5-9-12-15-18(20)16-13-10-7-6-8-11-14-17-19(21)22-2/h4-5,12-13,15-16,18,20H,3,6-11,14,17H2,1-2H3/b5-4-,15-12-,16-13-/t18-/m1/s1. The number of carbonyl (C=O) groups excluding carboxylic acids is 1. The molecule has 0 saturated carbocycles. The van der Waals surface area contributed by atoms with Gasteiger partial charge in [-0.3, -0.25) is 4.79 Å². The van der Waals surface area contributed by atoms with Gasteiger partial charge in [-0.05, 0) is 32.1 Å². The van der Waals surface area contributed by atoms with E-state index in [1.165, 1.54) is 13.5 Å². The van der Waals surface area contributed by atoms with Gasteiger partial charge in [0.05, 0.1) is 13.2 Å². The Bertz CT molecular complexity index is 343. The van der Waals surface area contributed by atoms with Gasteiger partial charge in [-0.2, -0.15) is 0 Å². The Hall–Kier alpha value is -1.35. The van der Waals surface area contributed by atoms with E-state index >= 15 is 0 Å². The summed E-state index contributed by atoms with van der Waals surface area (Å²) >= 11 is 0. The van der Waals surface area contributed by atoms with Crippen LogP contribution in [0, 0.1) is 0 Å². The fourth-order valence-electron chi connectivity index (χ4n) is 2.02. The summed E-state index contributed by atoms with van der Waals surface area (Å²) in [5.41, 5.74) is 0. The van der Waals surface area contributed by atoms with Crippen LogP contribution < -0.4 is 0 Å². The Morgan fingerprint density at radius 1 is 1.00 bits per heavy atom. The maximum atomic E-state index is 10.9. The van der Waals surface area contributed by atoms with Crippen LogP contribution in [-0.4, -0.2) is 24.3 Å². The molecule has 0 aliphatic rings. The lowest BCUT2D eigenvalue weighted by Gasteiger charge is -2.00. The highest BCUT2D eigenvalue weighted by Crippen LogP contribution is 2.08. The van der Waals surface area contributed by atoms with Gasteiger partial charge in [-0.25, -0.2) is 0 Å². The summed E-state index contributed by atoms with van der Waals surface area (Å²) in [7, 11) is 1.43. The summed E-state index contributed by atoms with van der Waals surface area (Å²) in [5.74, 6) is -0.116. The van der Waals surface area contributed by atoms with Crippen LogP contribution in [0.15, 0.2) is 36.5 Å². The molecule has 0 bridgehead atoms. The second kappa shape index (κ2) is 16.0. The van der Waals surface area contributed by atoms with Crippen molar-refractivity contribution in [2.45, 2.75) is 70.8 Å². The quantitative estimate of drug-likeness (QED) is 0.304. The van der Waals surface area contributed by atoms with Crippen LogP contribution in [0.5, 0.6) is 0 Å². The zero-order valence-electron chi connectivity index (χ0n) is 14.2. The predicted molar refractivity (Wildman–Crippen MR) is 92.7 cm³/mol. The Morgan fingerprint density at radius 3 is 2.41 bits per heavy atom.